The number of amides is 3. The van der Waals surface area contributed by atoms with E-state index in [2.05, 4.69) is 16.0 Å². The van der Waals surface area contributed by atoms with Crippen LogP contribution in [0.1, 0.15) is 58.8 Å². The second kappa shape index (κ2) is 14.0. The molecule has 7 heteroatoms. The van der Waals surface area contributed by atoms with Gasteiger partial charge in [-0.15, -0.1) is 0 Å². The number of nitrogens with one attached hydrogen (secondary N) is 3. The van der Waals surface area contributed by atoms with Gasteiger partial charge in [0, 0.05) is 26.4 Å². The summed E-state index contributed by atoms with van der Waals surface area (Å²) < 4.78 is 0. The number of hydrogen-bond donors (Lipinski definition) is 4. The van der Waals surface area contributed by atoms with Crippen LogP contribution in [0.3, 0.4) is 0 Å². The molecule has 0 saturated heterocycles. The summed E-state index contributed by atoms with van der Waals surface area (Å²) in [6, 6.07) is -0.466. The van der Waals surface area contributed by atoms with Crippen LogP contribution in [0.15, 0.2) is 0 Å². The highest BCUT2D eigenvalue weighted by atomic mass is 16.2. The van der Waals surface area contributed by atoms with Gasteiger partial charge in [-0.25, -0.2) is 0 Å². The predicted molar refractivity (Wildman–Crippen MR) is 90.7 cm³/mol. The molecule has 0 aromatic rings. The fourth-order valence-electron chi connectivity index (χ4n) is 2.11. The Morgan fingerprint density at radius 3 is 2.22 bits per heavy atom. The zero-order valence-electron chi connectivity index (χ0n) is 14.5. The first-order valence-electron chi connectivity index (χ1n) is 8.52. The maximum Gasteiger partial charge on any atom is 0.242 e. The van der Waals surface area contributed by atoms with Gasteiger partial charge < -0.3 is 21.7 Å². The molecule has 0 saturated carbocycles. The fourth-order valence-corrected chi connectivity index (χ4v) is 2.11. The Morgan fingerprint density at radius 2 is 1.61 bits per heavy atom. The van der Waals surface area contributed by atoms with Crippen LogP contribution in [0.4, 0.5) is 0 Å². The highest BCUT2D eigenvalue weighted by Crippen LogP contribution is 2.00. The van der Waals surface area contributed by atoms with Crippen LogP contribution in [-0.2, 0) is 14.4 Å². The lowest BCUT2D eigenvalue weighted by molar-refractivity contribution is -0.128. The fraction of sp³-hybridized carbons (Fsp3) is 0.812. The van der Waals surface area contributed by atoms with Gasteiger partial charge in [-0.1, -0.05) is 13.3 Å². The van der Waals surface area contributed by atoms with E-state index in [1.165, 1.54) is 6.92 Å². The van der Waals surface area contributed by atoms with Gasteiger partial charge in [-0.2, -0.15) is 0 Å². The second-order valence-electron chi connectivity index (χ2n) is 5.61. The topological polar surface area (TPSA) is 113 Å². The minimum Gasteiger partial charge on any atom is -0.356 e. The average molecular weight is 328 g/mol. The number of carbonyl (C=O) groups excluding carboxylic acids is 3. The summed E-state index contributed by atoms with van der Waals surface area (Å²) in [5.41, 5.74) is 5.38. The number of carbonyl (C=O) groups is 3. The third-order valence-electron chi connectivity index (χ3n) is 3.44. The molecule has 7 nitrogen and oxygen atoms in total. The molecule has 0 aliphatic heterocycles. The molecular formula is C16H32N4O3. The van der Waals surface area contributed by atoms with E-state index >= 15 is 0 Å². The number of rotatable bonds is 13. The van der Waals surface area contributed by atoms with Gasteiger partial charge in [-0.3, -0.25) is 14.4 Å². The lowest BCUT2D eigenvalue weighted by atomic mass is 10.1. The summed E-state index contributed by atoms with van der Waals surface area (Å²) in [6.45, 7) is 5.16. The highest BCUT2D eigenvalue weighted by Gasteiger charge is 2.16. The van der Waals surface area contributed by atoms with Crippen molar-refractivity contribution in [3.05, 3.63) is 0 Å². The van der Waals surface area contributed by atoms with E-state index < -0.39 is 6.04 Å². The van der Waals surface area contributed by atoms with Gasteiger partial charge >= 0.3 is 0 Å². The second-order valence-corrected chi connectivity index (χ2v) is 5.61. The SMILES string of the molecule is CCC(NC(C)=O)C(=O)NCCCCCC(=O)NCCCCN. The molecule has 0 spiro atoms. The molecule has 0 aliphatic carbocycles. The molecule has 0 aromatic carbocycles. The van der Waals surface area contributed by atoms with Crippen molar-refractivity contribution in [2.75, 3.05) is 19.6 Å². The molecule has 0 rings (SSSR count). The van der Waals surface area contributed by atoms with Crippen molar-refractivity contribution < 1.29 is 14.4 Å². The zero-order valence-corrected chi connectivity index (χ0v) is 14.5. The van der Waals surface area contributed by atoms with Gasteiger partial charge in [0.1, 0.15) is 6.04 Å². The van der Waals surface area contributed by atoms with E-state index in [4.69, 9.17) is 5.73 Å². The normalized spacial score (nSPS) is 11.6. The smallest absolute Gasteiger partial charge is 0.242 e. The molecule has 3 amide bonds. The minimum absolute atomic E-state index is 0.0720. The quantitative estimate of drug-likeness (QED) is 0.367. The third-order valence-corrected chi connectivity index (χ3v) is 3.44. The first-order valence-corrected chi connectivity index (χ1v) is 8.52. The first kappa shape index (κ1) is 21.4. The predicted octanol–water partition coefficient (Wildman–Crippen LogP) is 0.433. The van der Waals surface area contributed by atoms with Crippen LogP contribution in [0.2, 0.25) is 0 Å². The van der Waals surface area contributed by atoms with Crippen LogP contribution < -0.4 is 21.7 Å². The Hall–Kier alpha value is -1.63. The van der Waals surface area contributed by atoms with Gasteiger partial charge in [0.05, 0.1) is 0 Å². The monoisotopic (exact) mass is 328 g/mol. The summed E-state index contributed by atoms with van der Waals surface area (Å²) >= 11 is 0. The van der Waals surface area contributed by atoms with Crippen LogP contribution in [-0.4, -0.2) is 43.4 Å². The Balaban J connectivity index is 3.59. The number of hydrogen-bond acceptors (Lipinski definition) is 4. The van der Waals surface area contributed by atoms with Gasteiger partial charge in [0.15, 0.2) is 0 Å². The van der Waals surface area contributed by atoms with Crippen molar-refractivity contribution in [1.29, 1.82) is 0 Å². The highest BCUT2D eigenvalue weighted by molar-refractivity contribution is 5.86. The zero-order chi connectivity index (χ0) is 17.5. The van der Waals surface area contributed by atoms with E-state index in [0.29, 0.717) is 32.5 Å². The summed E-state index contributed by atoms with van der Waals surface area (Å²) in [5, 5.41) is 8.29. The summed E-state index contributed by atoms with van der Waals surface area (Å²) in [4.78, 5) is 34.3. The van der Waals surface area contributed by atoms with Gasteiger partial charge in [0.25, 0.3) is 0 Å². The Morgan fingerprint density at radius 1 is 0.957 bits per heavy atom. The molecule has 0 radical (unpaired) electrons. The molecule has 0 fully saturated rings. The van der Waals surface area contributed by atoms with Crippen LogP contribution in [0, 0.1) is 0 Å². The molecule has 23 heavy (non-hydrogen) atoms. The molecule has 1 atom stereocenters. The Labute approximate surface area is 139 Å². The molecule has 5 N–H and O–H groups in total. The minimum atomic E-state index is -0.466. The molecule has 1 unspecified atom stereocenters. The molecule has 0 aliphatic rings. The summed E-state index contributed by atoms with van der Waals surface area (Å²) in [6.07, 6.45) is 5.44. The molecular weight excluding hydrogens is 296 g/mol. The van der Waals surface area contributed by atoms with Crippen molar-refractivity contribution in [3.63, 3.8) is 0 Å². The van der Waals surface area contributed by atoms with E-state index in [-0.39, 0.29) is 17.7 Å². The standard InChI is InChI=1S/C16H32N4O3/c1-3-14(20-13(2)21)16(23)19-12-7-4-5-9-15(22)18-11-8-6-10-17/h14H,3-12,17H2,1-2H3,(H,18,22)(H,19,23)(H,20,21). The molecule has 0 bridgehead atoms. The van der Waals surface area contributed by atoms with Gasteiger partial charge in [-0.05, 0) is 38.6 Å². The molecule has 0 heterocycles. The maximum atomic E-state index is 11.8. The van der Waals surface area contributed by atoms with Crippen molar-refractivity contribution in [3.8, 4) is 0 Å². The Bertz CT molecular complexity index is 361. The lowest BCUT2D eigenvalue weighted by Gasteiger charge is -2.15. The van der Waals surface area contributed by atoms with Gasteiger partial charge in [0.2, 0.25) is 17.7 Å². The lowest BCUT2D eigenvalue weighted by Crippen LogP contribution is -2.45. The maximum absolute atomic E-state index is 11.8. The van der Waals surface area contributed by atoms with E-state index in [9.17, 15) is 14.4 Å². The van der Waals surface area contributed by atoms with E-state index in [1.807, 2.05) is 6.92 Å². The first-order chi connectivity index (χ1) is 11.0. The number of nitrogens with two attached hydrogens (primary N) is 1. The molecule has 0 aromatic heterocycles. The summed E-state index contributed by atoms with van der Waals surface area (Å²) in [5.74, 6) is -0.285. The third kappa shape index (κ3) is 12.6. The van der Waals surface area contributed by atoms with Crippen LogP contribution >= 0.6 is 0 Å². The number of unbranched alkanes of at least 4 members (excludes halogenated alkanes) is 3. The van der Waals surface area contributed by atoms with Crippen molar-refractivity contribution in [2.45, 2.75) is 64.8 Å². The van der Waals surface area contributed by atoms with Crippen molar-refractivity contribution >= 4 is 17.7 Å². The van der Waals surface area contributed by atoms with Crippen LogP contribution in [0.5, 0.6) is 0 Å². The van der Waals surface area contributed by atoms with Crippen molar-refractivity contribution in [1.82, 2.24) is 16.0 Å². The molecule has 134 valence electrons. The van der Waals surface area contributed by atoms with Crippen LogP contribution in [0.25, 0.3) is 0 Å². The largest absolute Gasteiger partial charge is 0.356 e. The Kier molecular flexibility index (Phi) is 13.0. The van der Waals surface area contributed by atoms with E-state index in [0.717, 1.165) is 32.1 Å². The average Bonchev–Trinajstić information content (AvgIpc) is 2.52. The van der Waals surface area contributed by atoms with Crippen molar-refractivity contribution in [2.24, 2.45) is 5.73 Å². The van der Waals surface area contributed by atoms with E-state index in [1.54, 1.807) is 0 Å². The summed E-state index contributed by atoms with van der Waals surface area (Å²) in [7, 11) is 0.